The summed E-state index contributed by atoms with van der Waals surface area (Å²) in [6, 6.07) is 9.65. The monoisotopic (exact) mass is 336 g/mol. The summed E-state index contributed by atoms with van der Waals surface area (Å²) in [5.74, 6) is 5.93. The number of carbonyl (C=O) groups is 1. The molecule has 0 saturated carbocycles. The lowest BCUT2D eigenvalue weighted by Gasteiger charge is -2.27. The Kier molecular flexibility index (Phi) is 4.73. The summed E-state index contributed by atoms with van der Waals surface area (Å²) in [5, 5.41) is 7.99. The minimum absolute atomic E-state index is 0.0906. The van der Waals surface area contributed by atoms with Crippen LogP contribution in [0.3, 0.4) is 0 Å². The molecular formula is C18H16N4OS. The highest BCUT2D eigenvalue weighted by Crippen LogP contribution is 2.19. The van der Waals surface area contributed by atoms with E-state index < -0.39 is 0 Å². The summed E-state index contributed by atoms with van der Waals surface area (Å²) in [6.45, 7) is 0.933. The fourth-order valence-corrected chi connectivity index (χ4v) is 3.09. The fraction of sp³-hybridized carbons (Fsp3) is 0.167. The second-order valence-electron chi connectivity index (χ2n) is 5.32. The molecule has 1 aromatic carbocycles. The van der Waals surface area contributed by atoms with E-state index in [-0.39, 0.29) is 5.91 Å². The first-order valence-corrected chi connectivity index (χ1v) is 8.29. The largest absolute Gasteiger partial charge is 0.402 e. The van der Waals surface area contributed by atoms with Crippen molar-refractivity contribution in [1.29, 1.82) is 5.41 Å². The van der Waals surface area contributed by atoms with Crippen molar-refractivity contribution in [1.82, 2.24) is 9.88 Å². The zero-order valence-corrected chi connectivity index (χ0v) is 13.8. The van der Waals surface area contributed by atoms with Gasteiger partial charge in [0.25, 0.3) is 5.91 Å². The molecule has 120 valence electrons. The fourth-order valence-electron chi connectivity index (χ4n) is 2.35. The van der Waals surface area contributed by atoms with Crippen LogP contribution >= 0.6 is 11.3 Å². The van der Waals surface area contributed by atoms with Gasteiger partial charge in [0.15, 0.2) is 5.01 Å². The minimum Gasteiger partial charge on any atom is -0.402 e. The van der Waals surface area contributed by atoms with Crippen molar-refractivity contribution in [3.05, 3.63) is 63.2 Å². The Morgan fingerprint density at radius 3 is 2.88 bits per heavy atom. The number of rotatable bonds is 2. The van der Waals surface area contributed by atoms with Gasteiger partial charge in [0, 0.05) is 42.6 Å². The molecule has 2 heterocycles. The summed E-state index contributed by atoms with van der Waals surface area (Å²) in [5.41, 5.74) is 8.15. The first-order valence-electron chi connectivity index (χ1n) is 7.47. The Morgan fingerprint density at radius 1 is 1.33 bits per heavy atom. The number of nitrogens with zero attached hydrogens (tertiary/aromatic N) is 2. The lowest BCUT2D eigenvalue weighted by atomic mass is 10.1. The van der Waals surface area contributed by atoms with Crippen LogP contribution in [-0.4, -0.2) is 35.1 Å². The van der Waals surface area contributed by atoms with E-state index in [1.165, 1.54) is 17.6 Å². The first-order chi connectivity index (χ1) is 11.7. The predicted molar refractivity (Wildman–Crippen MR) is 95.1 cm³/mol. The highest BCUT2D eigenvalue weighted by atomic mass is 32.1. The van der Waals surface area contributed by atoms with Gasteiger partial charge in [0.05, 0.1) is 6.20 Å². The van der Waals surface area contributed by atoms with Crippen molar-refractivity contribution < 1.29 is 4.79 Å². The van der Waals surface area contributed by atoms with Gasteiger partial charge in [-0.2, -0.15) is 0 Å². The maximum Gasteiger partial charge on any atom is 0.265 e. The number of amides is 1. The third kappa shape index (κ3) is 3.53. The van der Waals surface area contributed by atoms with E-state index in [0.29, 0.717) is 40.7 Å². The minimum atomic E-state index is -0.0906. The van der Waals surface area contributed by atoms with Crippen LogP contribution in [0, 0.1) is 17.3 Å². The molecule has 0 radical (unpaired) electrons. The Balaban J connectivity index is 1.73. The molecule has 1 amide bonds. The Morgan fingerprint density at radius 2 is 2.12 bits per heavy atom. The highest BCUT2D eigenvalue weighted by molar-refractivity contribution is 7.14. The van der Waals surface area contributed by atoms with Crippen LogP contribution < -0.4 is 5.73 Å². The van der Waals surface area contributed by atoms with Crippen molar-refractivity contribution in [2.24, 2.45) is 5.73 Å². The van der Waals surface area contributed by atoms with E-state index in [4.69, 9.17) is 11.1 Å². The number of benzene rings is 1. The maximum absolute atomic E-state index is 12.6. The van der Waals surface area contributed by atoms with Crippen LogP contribution in [0.2, 0.25) is 0 Å². The average molecular weight is 336 g/mol. The van der Waals surface area contributed by atoms with Crippen LogP contribution in [0.25, 0.3) is 0 Å². The highest BCUT2D eigenvalue weighted by Gasteiger charge is 2.23. The first kappa shape index (κ1) is 16.0. The van der Waals surface area contributed by atoms with Gasteiger partial charge in [-0.25, -0.2) is 4.98 Å². The van der Waals surface area contributed by atoms with Crippen LogP contribution in [0.15, 0.2) is 47.8 Å². The van der Waals surface area contributed by atoms with Gasteiger partial charge in [0.2, 0.25) is 0 Å². The van der Waals surface area contributed by atoms with Crippen molar-refractivity contribution >= 4 is 23.5 Å². The molecule has 1 aromatic heterocycles. The Labute approximate surface area is 144 Å². The standard InChI is InChI=1S/C18H16N4OS/c19-10-14-12-22(9-8-15(14)20)18(23)16-11-21-17(24-16)7-6-13-4-2-1-3-5-13/h1-5,10-11,19H,8-9,12,20H2. The number of thiazole rings is 1. The lowest BCUT2D eigenvalue weighted by molar-refractivity contribution is 0.0771. The van der Waals surface area contributed by atoms with Gasteiger partial charge in [0.1, 0.15) is 4.88 Å². The van der Waals surface area contributed by atoms with E-state index >= 15 is 0 Å². The molecule has 5 nitrogen and oxygen atoms in total. The Bertz CT molecular complexity index is 858. The maximum atomic E-state index is 12.6. The van der Waals surface area contributed by atoms with E-state index in [1.807, 2.05) is 30.3 Å². The molecule has 0 bridgehead atoms. The number of nitrogens with one attached hydrogen (secondary N) is 1. The van der Waals surface area contributed by atoms with Crippen LogP contribution in [0.5, 0.6) is 0 Å². The number of carbonyl (C=O) groups excluding carboxylic acids is 1. The van der Waals surface area contributed by atoms with Gasteiger partial charge < -0.3 is 16.0 Å². The summed E-state index contributed by atoms with van der Waals surface area (Å²) in [4.78, 5) is 19.0. The SMILES string of the molecule is N=CC1=C(N)CCN(C(=O)c2cnc(C#Cc3ccccc3)s2)C1. The van der Waals surface area contributed by atoms with Crippen molar-refractivity contribution in [3.8, 4) is 11.8 Å². The van der Waals surface area contributed by atoms with Gasteiger partial charge in [-0.05, 0) is 18.1 Å². The second kappa shape index (κ2) is 7.11. The summed E-state index contributed by atoms with van der Waals surface area (Å²) < 4.78 is 0. The zero-order chi connectivity index (χ0) is 16.9. The Hall–Kier alpha value is -2.91. The molecule has 0 saturated heterocycles. The van der Waals surface area contributed by atoms with Gasteiger partial charge in [-0.1, -0.05) is 24.1 Å². The molecule has 0 aliphatic carbocycles. The second-order valence-corrected chi connectivity index (χ2v) is 6.35. The van der Waals surface area contributed by atoms with Crippen molar-refractivity contribution in [3.63, 3.8) is 0 Å². The molecule has 1 aliphatic heterocycles. The number of aromatic nitrogens is 1. The molecule has 3 rings (SSSR count). The molecule has 1 aliphatic rings. The third-order valence-corrected chi connectivity index (χ3v) is 4.59. The van der Waals surface area contributed by atoms with E-state index in [9.17, 15) is 4.79 Å². The zero-order valence-electron chi connectivity index (χ0n) is 13.0. The van der Waals surface area contributed by atoms with Crippen molar-refractivity contribution in [2.75, 3.05) is 13.1 Å². The number of hydrogen-bond acceptors (Lipinski definition) is 5. The summed E-state index contributed by atoms with van der Waals surface area (Å²) in [6.07, 6.45) is 3.38. The molecule has 3 N–H and O–H groups in total. The van der Waals surface area contributed by atoms with Crippen LogP contribution in [0.4, 0.5) is 0 Å². The molecule has 6 heteroatoms. The molecule has 0 unspecified atom stereocenters. The third-order valence-electron chi connectivity index (χ3n) is 3.69. The molecule has 0 spiro atoms. The summed E-state index contributed by atoms with van der Waals surface area (Å²) in [7, 11) is 0. The van der Waals surface area contributed by atoms with E-state index in [1.54, 1.807) is 11.1 Å². The quantitative estimate of drug-likeness (QED) is 0.652. The molecule has 2 aromatic rings. The normalized spacial score (nSPS) is 14.1. The lowest BCUT2D eigenvalue weighted by Crippen LogP contribution is -2.38. The van der Waals surface area contributed by atoms with Crippen LogP contribution in [0.1, 0.15) is 26.7 Å². The molecular weight excluding hydrogens is 320 g/mol. The molecule has 0 atom stereocenters. The van der Waals surface area contributed by atoms with Gasteiger partial charge in [-0.3, -0.25) is 4.79 Å². The smallest absolute Gasteiger partial charge is 0.265 e. The number of nitrogens with two attached hydrogens (primary N) is 1. The predicted octanol–water partition coefficient (Wildman–Crippen LogP) is 2.25. The van der Waals surface area contributed by atoms with Crippen molar-refractivity contribution in [2.45, 2.75) is 6.42 Å². The van der Waals surface area contributed by atoms with Crippen LogP contribution in [-0.2, 0) is 0 Å². The summed E-state index contributed by atoms with van der Waals surface area (Å²) >= 11 is 1.28. The van der Waals surface area contributed by atoms with E-state index in [0.717, 1.165) is 5.56 Å². The number of hydrogen-bond donors (Lipinski definition) is 2. The average Bonchev–Trinajstić information content (AvgIpc) is 3.10. The topological polar surface area (TPSA) is 83.1 Å². The molecule has 0 fully saturated rings. The van der Waals surface area contributed by atoms with Gasteiger partial charge in [-0.15, -0.1) is 11.3 Å². The molecule has 24 heavy (non-hydrogen) atoms. The van der Waals surface area contributed by atoms with E-state index in [2.05, 4.69) is 16.8 Å². The van der Waals surface area contributed by atoms with Gasteiger partial charge >= 0.3 is 0 Å².